The summed E-state index contributed by atoms with van der Waals surface area (Å²) in [6.07, 6.45) is 6.69. The second-order valence-corrected chi connectivity index (χ2v) is 4.78. The number of hydrogen-bond donors (Lipinski definition) is 0. The largest absolute Gasteiger partial charge is 0.288 e. The number of aromatic nitrogens is 4. The molecule has 0 bridgehead atoms. The number of carbonyl (C=O) groups excluding carboxylic acids is 1. The standard InChI is InChI=1S/C13H15BrN4O/c1-3-17-10(7-8-15-17)5-6-12(19)13-11(14)9-16-18(13)4-2/h5-9H,3-4H2,1-2H3/b6-5+. The van der Waals surface area contributed by atoms with Gasteiger partial charge in [-0.05, 0) is 48.0 Å². The molecule has 2 aromatic heterocycles. The Labute approximate surface area is 120 Å². The number of aryl methyl sites for hydroxylation is 2. The minimum Gasteiger partial charge on any atom is -0.288 e. The van der Waals surface area contributed by atoms with Crippen LogP contribution in [-0.2, 0) is 13.1 Å². The Balaban J connectivity index is 2.24. The number of carbonyl (C=O) groups is 1. The molecular weight excluding hydrogens is 308 g/mol. The maximum Gasteiger partial charge on any atom is 0.205 e. The normalized spacial score (nSPS) is 11.3. The molecule has 0 radical (unpaired) electrons. The molecule has 0 fully saturated rings. The van der Waals surface area contributed by atoms with E-state index in [1.165, 1.54) is 0 Å². The van der Waals surface area contributed by atoms with Crippen LogP contribution in [0.25, 0.3) is 6.08 Å². The third-order valence-electron chi connectivity index (χ3n) is 2.78. The summed E-state index contributed by atoms with van der Waals surface area (Å²) in [6, 6.07) is 1.87. The van der Waals surface area contributed by atoms with E-state index in [2.05, 4.69) is 26.1 Å². The topological polar surface area (TPSA) is 52.7 Å². The quantitative estimate of drug-likeness (QED) is 0.628. The lowest BCUT2D eigenvalue weighted by Gasteiger charge is -2.02. The molecule has 100 valence electrons. The molecule has 0 aliphatic carbocycles. The van der Waals surface area contributed by atoms with Gasteiger partial charge in [-0.1, -0.05) is 0 Å². The van der Waals surface area contributed by atoms with Crippen molar-refractivity contribution in [1.82, 2.24) is 19.6 Å². The maximum absolute atomic E-state index is 12.2. The predicted molar refractivity (Wildman–Crippen MR) is 76.9 cm³/mol. The van der Waals surface area contributed by atoms with Crippen molar-refractivity contribution in [2.45, 2.75) is 26.9 Å². The minimum atomic E-state index is -0.0740. The summed E-state index contributed by atoms with van der Waals surface area (Å²) in [5.74, 6) is -0.0740. The number of halogens is 1. The van der Waals surface area contributed by atoms with Gasteiger partial charge in [0.15, 0.2) is 0 Å². The minimum absolute atomic E-state index is 0.0740. The van der Waals surface area contributed by atoms with Crippen LogP contribution in [0.15, 0.2) is 29.0 Å². The molecule has 0 unspecified atom stereocenters. The highest BCUT2D eigenvalue weighted by molar-refractivity contribution is 9.10. The molecule has 0 saturated heterocycles. The van der Waals surface area contributed by atoms with E-state index in [1.54, 1.807) is 29.2 Å². The number of ketones is 1. The number of hydrogen-bond acceptors (Lipinski definition) is 3. The Hall–Kier alpha value is -1.69. The van der Waals surface area contributed by atoms with Gasteiger partial charge in [0.2, 0.25) is 5.78 Å². The van der Waals surface area contributed by atoms with E-state index in [1.807, 2.05) is 24.6 Å². The van der Waals surface area contributed by atoms with Crippen LogP contribution >= 0.6 is 15.9 Å². The van der Waals surface area contributed by atoms with Crippen molar-refractivity contribution in [3.63, 3.8) is 0 Å². The zero-order valence-electron chi connectivity index (χ0n) is 10.9. The summed E-state index contributed by atoms with van der Waals surface area (Å²) >= 11 is 3.35. The Bertz CT molecular complexity index is 612. The van der Waals surface area contributed by atoms with Gasteiger partial charge in [-0.15, -0.1) is 0 Å². The van der Waals surface area contributed by atoms with Crippen molar-refractivity contribution in [3.8, 4) is 0 Å². The summed E-state index contributed by atoms with van der Waals surface area (Å²) in [5.41, 5.74) is 1.48. The van der Waals surface area contributed by atoms with E-state index in [4.69, 9.17) is 0 Å². The van der Waals surface area contributed by atoms with Gasteiger partial charge in [-0.3, -0.25) is 14.2 Å². The van der Waals surface area contributed by atoms with Crippen molar-refractivity contribution in [3.05, 3.63) is 40.4 Å². The highest BCUT2D eigenvalue weighted by atomic mass is 79.9. The molecule has 0 amide bonds. The average Bonchev–Trinajstić information content (AvgIpc) is 3.01. The molecule has 2 aromatic rings. The lowest BCUT2D eigenvalue weighted by Crippen LogP contribution is -2.08. The van der Waals surface area contributed by atoms with Crippen LogP contribution in [0.5, 0.6) is 0 Å². The lowest BCUT2D eigenvalue weighted by atomic mass is 10.2. The van der Waals surface area contributed by atoms with Gasteiger partial charge in [-0.2, -0.15) is 10.2 Å². The smallest absolute Gasteiger partial charge is 0.205 e. The van der Waals surface area contributed by atoms with Gasteiger partial charge in [0, 0.05) is 19.3 Å². The Kier molecular flexibility index (Phi) is 4.31. The molecule has 0 aliphatic rings. The Morgan fingerprint density at radius 1 is 1.32 bits per heavy atom. The summed E-state index contributed by atoms with van der Waals surface area (Å²) in [7, 11) is 0. The molecule has 0 saturated carbocycles. The first-order valence-electron chi connectivity index (χ1n) is 6.12. The SMILES string of the molecule is CCn1nccc1/C=C/C(=O)c1c(Br)cnn1CC. The van der Waals surface area contributed by atoms with Crippen molar-refractivity contribution in [2.75, 3.05) is 0 Å². The van der Waals surface area contributed by atoms with Gasteiger partial charge in [0.05, 0.1) is 16.4 Å². The van der Waals surface area contributed by atoms with Crippen LogP contribution in [0.2, 0.25) is 0 Å². The molecule has 0 atom stereocenters. The van der Waals surface area contributed by atoms with E-state index < -0.39 is 0 Å². The van der Waals surface area contributed by atoms with E-state index in [0.29, 0.717) is 16.7 Å². The summed E-state index contributed by atoms with van der Waals surface area (Å²) in [6.45, 7) is 5.39. The second-order valence-electron chi connectivity index (χ2n) is 3.93. The first-order valence-corrected chi connectivity index (χ1v) is 6.92. The molecule has 0 spiro atoms. The summed E-state index contributed by atoms with van der Waals surface area (Å²) in [4.78, 5) is 12.2. The van der Waals surface area contributed by atoms with Gasteiger partial charge in [0.1, 0.15) is 5.69 Å². The van der Waals surface area contributed by atoms with Crippen molar-refractivity contribution >= 4 is 27.8 Å². The predicted octanol–water partition coefficient (Wildman–Crippen LogP) is 2.78. The van der Waals surface area contributed by atoms with E-state index in [-0.39, 0.29) is 5.78 Å². The van der Waals surface area contributed by atoms with E-state index in [0.717, 1.165) is 12.2 Å². The maximum atomic E-state index is 12.2. The van der Waals surface area contributed by atoms with Crippen molar-refractivity contribution < 1.29 is 4.79 Å². The van der Waals surface area contributed by atoms with Gasteiger partial charge >= 0.3 is 0 Å². The molecular formula is C13H15BrN4O. The molecule has 2 heterocycles. The number of nitrogens with zero attached hydrogens (tertiary/aromatic N) is 4. The third-order valence-corrected chi connectivity index (χ3v) is 3.36. The highest BCUT2D eigenvalue weighted by Crippen LogP contribution is 2.17. The monoisotopic (exact) mass is 322 g/mol. The van der Waals surface area contributed by atoms with Gasteiger partial charge in [-0.25, -0.2) is 0 Å². The molecule has 19 heavy (non-hydrogen) atoms. The Morgan fingerprint density at radius 2 is 2.05 bits per heavy atom. The molecule has 0 aliphatic heterocycles. The van der Waals surface area contributed by atoms with Crippen LogP contribution in [0.3, 0.4) is 0 Å². The van der Waals surface area contributed by atoms with Crippen LogP contribution in [-0.4, -0.2) is 25.3 Å². The van der Waals surface area contributed by atoms with Crippen molar-refractivity contribution in [2.24, 2.45) is 0 Å². The highest BCUT2D eigenvalue weighted by Gasteiger charge is 2.13. The zero-order chi connectivity index (χ0) is 13.8. The fourth-order valence-corrected chi connectivity index (χ4v) is 2.33. The van der Waals surface area contributed by atoms with Gasteiger partial charge < -0.3 is 0 Å². The fourth-order valence-electron chi connectivity index (χ4n) is 1.84. The molecule has 0 aromatic carbocycles. The lowest BCUT2D eigenvalue weighted by molar-refractivity contribution is 0.103. The zero-order valence-corrected chi connectivity index (χ0v) is 12.5. The van der Waals surface area contributed by atoms with Crippen molar-refractivity contribution in [1.29, 1.82) is 0 Å². The first kappa shape index (κ1) is 13.7. The average molecular weight is 323 g/mol. The molecule has 2 rings (SSSR count). The number of rotatable bonds is 5. The third kappa shape index (κ3) is 2.84. The van der Waals surface area contributed by atoms with Crippen LogP contribution in [0, 0.1) is 0 Å². The van der Waals surface area contributed by atoms with E-state index >= 15 is 0 Å². The molecule has 5 nitrogen and oxygen atoms in total. The second kappa shape index (κ2) is 5.97. The number of allylic oxidation sites excluding steroid dienone is 1. The summed E-state index contributed by atoms with van der Waals surface area (Å²) in [5, 5.41) is 8.29. The molecule has 0 N–H and O–H groups in total. The van der Waals surface area contributed by atoms with Gasteiger partial charge in [0.25, 0.3) is 0 Å². The Morgan fingerprint density at radius 3 is 2.74 bits per heavy atom. The first-order chi connectivity index (χ1) is 9.17. The summed E-state index contributed by atoms with van der Waals surface area (Å²) < 4.78 is 4.22. The fraction of sp³-hybridized carbons (Fsp3) is 0.308. The molecule has 6 heteroatoms. The van der Waals surface area contributed by atoms with E-state index in [9.17, 15) is 4.79 Å². The van der Waals surface area contributed by atoms with Crippen LogP contribution < -0.4 is 0 Å². The van der Waals surface area contributed by atoms with Crippen LogP contribution in [0.4, 0.5) is 0 Å². The van der Waals surface area contributed by atoms with Crippen LogP contribution in [0.1, 0.15) is 30.0 Å².